The Labute approximate surface area is 524 Å². The number of aryl methyl sites for hydroxylation is 1. The van der Waals surface area contributed by atoms with Crippen molar-refractivity contribution in [3.63, 3.8) is 0 Å². The van der Waals surface area contributed by atoms with Crippen LogP contribution in [0.15, 0.2) is 28.7 Å². The SMILES string of the molecule is CC(C)(C)CCC(NC(=O)NC(CCC(=O)NCCCCCCCC(=O)NC(CCCCNC(=O)OC(C)(C)C)C(=O)N[C@@H](CCCCNC(=O)CCCc1ccc(Br)cc1)C(=O)C(=O)OC(C)(C)C)C(C)(C)C)C(C)(C)C.O=C=O.O=C=O.O=C=O. The summed E-state index contributed by atoms with van der Waals surface area (Å²) in [5, 5.41) is 20.6. The molecule has 1 aromatic rings. The second-order valence-corrected chi connectivity index (χ2v) is 27.4. The highest BCUT2D eigenvalue weighted by Gasteiger charge is 2.34. The van der Waals surface area contributed by atoms with Crippen LogP contribution < -0.4 is 37.2 Å². The van der Waals surface area contributed by atoms with Crippen LogP contribution in [0.25, 0.3) is 0 Å². The minimum atomic E-state index is -1.24. The van der Waals surface area contributed by atoms with Gasteiger partial charge in [-0.15, -0.1) is 0 Å². The molecule has 0 aromatic heterocycles. The van der Waals surface area contributed by atoms with Gasteiger partial charge >= 0.3 is 36.5 Å². The lowest BCUT2D eigenvalue weighted by molar-refractivity contribution is -0.193. The third kappa shape index (κ3) is 50.1. The molecular formula is C63H104BrN7O16. The van der Waals surface area contributed by atoms with Crippen molar-refractivity contribution >= 4 is 81.9 Å². The van der Waals surface area contributed by atoms with E-state index >= 15 is 0 Å². The van der Waals surface area contributed by atoms with Crippen molar-refractivity contribution in [1.82, 2.24) is 37.2 Å². The number of hydrogen-bond acceptors (Lipinski definition) is 16. The third-order valence-electron chi connectivity index (χ3n) is 12.9. The van der Waals surface area contributed by atoms with Crippen molar-refractivity contribution in [2.24, 2.45) is 16.2 Å². The molecule has 87 heavy (non-hydrogen) atoms. The lowest BCUT2D eigenvalue weighted by Gasteiger charge is -2.36. The summed E-state index contributed by atoms with van der Waals surface area (Å²) in [6, 6.07) is 5.27. The molecule has 0 saturated heterocycles. The van der Waals surface area contributed by atoms with Crippen LogP contribution in [0.5, 0.6) is 0 Å². The van der Waals surface area contributed by atoms with Crippen LogP contribution in [-0.2, 0) is 73.4 Å². The summed E-state index contributed by atoms with van der Waals surface area (Å²) < 4.78 is 11.7. The molecule has 4 atom stereocenters. The minimum absolute atomic E-state index is 0.000331. The zero-order valence-corrected chi connectivity index (χ0v) is 56.2. The van der Waals surface area contributed by atoms with Gasteiger partial charge in [-0.3, -0.25) is 24.0 Å². The average molecular weight is 1300 g/mol. The highest BCUT2D eigenvalue weighted by molar-refractivity contribution is 9.10. The molecule has 0 fully saturated rings. The van der Waals surface area contributed by atoms with Crippen molar-refractivity contribution in [2.45, 2.75) is 261 Å². The molecule has 24 heteroatoms. The van der Waals surface area contributed by atoms with Gasteiger partial charge in [-0.1, -0.05) is 110 Å². The zero-order chi connectivity index (χ0) is 67.5. The van der Waals surface area contributed by atoms with Crippen molar-refractivity contribution in [2.75, 3.05) is 19.6 Å². The highest BCUT2D eigenvalue weighted by atomic mass is 79.9. The number of unbranched alkanes of at least 4 members (excludes halogenated alkanes) is 6. The molecule has 0 aliphatic rings. The van der Waals surface area contributed by atoms with Crippen LogP contribution in [0.1, 0.15) is 225 Å². The molecule has 7 amide bonds. The predicted octanol–water partition coefficient (Wildman–Crippen LogP) is 9.08. The van der Waals surface area contributed by atoms with Gasteiger partial charge in [0.1, 0.15) is 17.2 Å². The Balaban J connectivity index is -0.00000734. The lowest BCUT2D eigenvalue weighted by Crippen LogP contribution is -2.53. The van der Waals surface area contributed by atoms with E-state index in [-0.39, 0.29) is 103 Å². The number of ether oxygens (including phenoxy) is 2. The number of benzene rings is 1. The summed E-state index contributed by atoms with van der Waals surface area (Å²) in [6.07, 6.45) is 10.6. The van der Waals surface area contributed by atoms with E-state index in [1.54, 1.807) is 41.5 Å². The first kappa shape index (κ1) is 84.6. The fourth-order valence-corrected chi connectivity index (χ4v) is 8.59. The van der Waals surface area contributed by atoms with E-state index in [0.29, 0.717) is 64.5 Å². The number of ketones is 1. The Kier molecular flexibility index (Phi) is 44.4. The van der Waals surface area contributed by atoms with Crippen molar-refractivity contribution < 1.29 is 76.6 Å². The number of halogens is 1. The molecule has 0 aliphatic carbocycles. The van der Waals surface area contributed by atoms with Crippen molar-refractivity contribution in [3.05, 3.63) is 34.3 Å². The van der Waals surface area contributed by atoms with E-state index in [1.165, 1.54) is 0 Å². The Morgan fingerprint density at radius 1 is 0.460 bits per heavy atom. The maximum atomic E-state index is 14.0. The molecule has 7 N–H and O–H groups in total. The number of carbonyl (C=O) groups excluding carboxylic acids is 14. The first-order valence-corrected chi connectivity index (χ1v) is 30.7. The lowest BCUT2D eigenvalue weighted by atomic mass is 9.79. The number of esters is 1. The van der Waals surface area contributed by atoms with E-state index in [9.17, 15) is 38.4 Å². The van der Waals surface area contributed by atoms with Gasteiger partial charge in [0.2, 0.25) is 23.6 Å². The molecule has 494 valence electrons. The maximum Gasteiger partial charge on any atom is 0.407 e. The van der Waals surface area contributed by atoms with Gasteiger partial charge in [0.25, 0.3) is 5.78 Å². The maximum absolute atomic E-state index is 14.0. The van der Waals surface area contributed by atoms with Gasteiger partial charge in [0, 0.05) is 55.5 Å². The Hall–Kier alpha value is -6.60. The predicted molar refractivity (Wildman–Crippen MR) is 329 cm³/mol. The average Bonchev–Trinajstić information content (AvgIpc) is 3.57. The number of alkyl carbamates (subject to hydrolysis) is 1. The first-order chi connectivity index (χ1) is 40.3. The normalized spacial score (nSPS) is 12.6. The van der Waals surface area contributed by atoms with Crippen LogP contribution in [0.4, 0.5) is 9.59 Å². The van der Waals surface area contributed by atoms with Crippen LogP contribution in [-0.4, -0.2) is 121 Å². The molecule has 0 heterocycles. The smallest absolute Gasteiger partial charge is 0.407 e. The highest BCUT2D eigenvalue weighted by Crippen LogP contribution is 2.29. The van der Waals surface area contributed by atoms with Gasteiger partial charge in [-0.25, -0.2) is 14.4 Å². The number of urea groups is 1. The van der Waals surface area contributed by atoms with E-state index in [0.717, 1.165) is 55.0 Å². The van der Waals surface area contributed by atoms with Crippen molar-refractivity contribution in [3.8, 4) is 0 Å². The van der Waals surface area contributed by atoms with E-state index < -0.39 is 47.0 Å². The second kappa shape index (κ2) is 45.6. The summed E-state index contributed by atoms with van der Waals surface area (Å²) in [6.45, 7) is 30.6. The van der Waals surface area contributed by atoms with Gasteiger partial charge in [0.05, 0.1) is 6.04 Å². The standard InChI is InChI=1S/C60H104BrN7O10.3CO2/c1-56(2,3)38-37-47(58(7,8)9)68-54(75)67-46(57(4,5)6)35-36-49(70)63-39-22-18-16-17-19-29-50(71)65-45(28-21-24-41-64-55(76)78-60(13,14)15)52(73)66-44(51(72)53(74)77-59(10,11)12)27-20-23-40-62-48(69)30-25-26-42-31-33-43(61)34-32-42;3*2-1-3/h31-34,44-47H,16-30,35-41H2,1-15H3,(H,62,69)(H,63,70)(H,64,76)(H,65,71)(H,66,73)(H2,67,68,75);;;/t44-,45?,46?,47?;;;/m0.../s1. The number of amides is 7. The largest absolute Gasteiger partial charge is 0.454 e. The monoisotopic (exact) mass is 1290 g/mol. The second-order valence-electron chi connectivity index (χ2n) is 26.5. The van der Waals surface area contributed by atoms with Crippen LogP contribution >= 0.6 is 15.9 Å². The molecule has 1 rings (SSSR count). The first-order valence-electron chi connectivity index (χ1n) is 30.0. The topological polar surface area (TPSA) is 342 Å². The van der Waals surface area contributed by atoms with Crippen molar-refractivity contribution in [1.29, 1.82) is 0 Å². The van der Waals surface area contributed by atoms with E-state index in [1.807, 2.05) is 24.3 Å². The van der Waals surface area contributed by atoms with Crippen LogP contribution in [0.3, 0.4) is 0 Å². The van der Waals surface area contributed by atoms with Gasteiger partial charge < -0.3 is 46.7 Å². The minimum Gasteiger partial charge on any atom is -0.454 e. The molecular weight excluding hydrogens is 1190 g/mol. The molecule has 3 unspecified atom stereocenters. The Morgan fingerprint density at radius 2 is 0.885 bits per heavy atom. The molecule has 0 saturated carbocycles. The number of hydrogen-bond donors (Lipinski definition) is 7. The summed E-state index contributed by atoms with van der Waals surface area (Å²) in [4.78, 5) is 154. The van der Waals surface area contributed by atoms with Gasteiger partial charge in [-0.2, -0.15) is 28.8 Å². The summed E-state index contributed by atoms with van der Waals surface area (Å²) >= 11 is 3.43. The van der Waals surface area contributed by atoms with E-state index in [4.69, 9.17) is 38.2 Å². The Morgan fingerprint density at radius 3 is 1.37 bits per heavy atom. The molecule has 0 bridgehead atoms. The van der Waals surface area contributed by atoms with Gasteiger partial charge in [-0.05, 0) is 159 Å². The number of carbonyl (C=O) groups is 8. The molecule has 0 aliphatic heterocycles. The summed E-state index contributed by atoms with van der Waals surface area (Å²) in [5.41, 5.74) is -0.699. The third-order valence-corrected chi connectivity index (χ3v) is 13.5. The quantitative estimate of drug-likeness (QED) is 0.0192. The Bertz CT molecular complexity index is 2290. The molecule has 0 radical (unpaired) electrons. The molecule has 0 spiro atoms. The summed E-state index contributed by atoms with van der Waals surface area (Å²) in [5.74, 6) is -3.13. The van der Waals surface area contributed by atoms with Crippen LogP contribution in [0, 0.1) is 16.2 Å². The number of nitrogens with one attached hydrogen (secondary N) is 7. The van der Waals surface area contributed by atoms with Crippen LogP contribution in [0.2, 0.25) is 0 Å². The zero-order valence-electron chi connectivity index (χ0n) is 54.6. The molecule has 1 aromatic carbocycles. The molecule has 23 nitrogen and oxygen atoms in total. The number of rotatable bonds is 34. The fraction of sp³-hybridized carbons (Fsp3) is 0.730. The summed E-state index contributed by atoms with van der Waals surface area (Å²) in [7, 11) is 0. The van der Waals surface area contributed by atoms with Gasteiger partial charge in [0.15, 0.2) is 0 Å². The van der Waals surface area contributed by atoms with E-state index in [2.05, 4.69) is 115 Å². The fourth-order valence-electron chi connectivity index (χ4n) is 8.33. The number of Topliss-reactive ketones (excluding diaryl/α,β-unsaturated/α-hetero) is 1.